The van der Waals surface area contributed by atoms with Crippen LogP contribution in [0.3, 0.4) is 0 Å². The Morgan fingerprint density at radius 1 is 0.354 bits per heavy atom. The summed E-state index contributed by atoms with van der Waals surface area (Å²) >= 11 is 0. The molecule has 0 N–H and O–H groups in total. The van der Waals surface area contributed by atoms with Gasteiger partial charge in [0.05, 0.1) is 16.7 Å². The highest BCUT2D eigenvalue weighted by molar-refractivity contribution is 6.14. The first-order valence-corrected chi connectivity index (χ1v) is 16.0. The number of pyridine rings is 4. The van der Waals surface area contributed by atoms with E-state index in [1.165, 1.54) is 16.3 Å². The largest absolute Gasteiger partial charge is 0.264 e. The van der Waals surface area contributed by atoms with Gasteiger partial charge in [0, 0.05) is 58.4 Å². The summed E-state index contributed by atoms with van der Waals surface area (Å²) in [6.07, 6.45) is 9.32. The minimum atomic E-state index is 0.905. The van der Waals surface area contributed by atoms with E-state index in [-0.39, 0.29) is 0 Å². The van der Waals surface area contributed by atoms with Gasteiger partial charge in [-0.15, -0.1) is 0 Å². The number of hydrogen-bond donors (Lipinski definition) is 0. The van der Waals surface area contributed by atoms with Gasteiger partial charge in [0.1, 0.15) is 0 Å². The molecule has 0 aliphatic carbocycles. The maximum atomic E-state index is 5.21. The lowest BCUT2D eigenvalue weighted by Crippen LogP contribution is -1.94. The van der Waals surface area contributed by atoms with Crippen molar-refractivity contribution in [3.63, 3.8) is 0 Å². The summed E-state index contributed by atoms with van der Waals surface area (Å²) in [7, 11) is 0. The molecule has 0 unspecified atom stereocenters. The first-order chi connectivity index (χ1) is 23.8. The van der Waals surface area contributed by atoms with E-state index in [1.54, 1.807) is 0 Å². The van der Waals surface area contributed by atoms with Gasteiger partial charge < -0.3 is 0 Å². The second-order valence-electron chi connectivity index (χ2n) is 11.9. The second-order valence-corrected chi connectivity index (χ2v) is 11.9. The number of hydrogen-bond acceptors (Lipinski definition) is 4. The Bertz CT molecular complexity index is 2540. The topological polar surface area (TPSA) is 51.6 Å². The van der Waals surface area contributed by atoms with Gasteiger partial charge in [-0.3, -0.25) is 15.0 Å². The van der Waals surface area contributed by atoms with Crippen molar-refractivity contribution in [1.82, 2.24) is 19.9 Å². The van der Waals surface area contributed by atoms with Gasteiger partial charge >= 0.3 is 0 Å². The van der Waals surface area contributed by atoms with Gasteiger partial charge in [-0.2, -0.15) is 0 Å². The number of fused-ring (bicyclic) bond motifs is 4. The third-order valence-electron chi connectivity index (χ3n) is 9.07. The molecule has 0 saturated heterocycles. The summed E-state index contributed by atoms with van der Waals surface area (Å²) in [6.45, 7) is 0. The van der Waals surface area contributed by atoms with Crippen LogP contribution in [0.25, 0.3) is 88.3 Å². The molecule has 0 atom stereocenters. The van der Waals surface area contributed by atoms with E-state index in [1.807, 2.05) is 55.2 Å². The maximum absolute atomic E-state index is 5.21. The van der Waals surface area contributed by atoms with Crippen LogP contribution in [0, 0.1) is 0 Å². The zero-order chi connectivity index (χ0) is 31.9. The Kier molecular flexibility index (Phi) is 6.76. The van der Waals surface area contributed by atoms with Crippen molar-refractivity contribution in [1.29, 1.82) is 0 Å². The summed E-state index contributed by atoms with van der Waals surface area (Å²) in [5.41, 5.74) is 12.8. The maximum Gasteiger partial charge on any atom is 0.0978 e. The van der Waals surface area contributed by atoms with E-state index in [4.69, 9.17) is 9.97 Å². The van der Waals surface area contributed by atoms with Crippen LogP contribution in [-0.4, -0.2) is 19.9 Å². The predicted molar refractivity (Wildman–Crippen MR) is 197 cm³/mol. The number of aromatic nitrogens is 4. The van der Waals surface area contributed by atoms with Gasteiger partial charge in [-0.05, 0) is 86.6 Å². The Hall–Kier alpha value is -6.52. The molecule has 0 fully saturated rings. The molecule has 224 valence electrons. The quantitative estimate of drug-likeness (QED) is 0.181. The fraction of sp³-hybridized carbons (Fsp3) is 0. The minimum Gasteiger partial charge on any atom is -0.264 e. The molecule has 9 aromatic rings. The summed E-state index contributed by atoms with van der Waals surface area (Å²) < 4.78 is 0. The molecule has 4 nitrogen and oxygen atoms in total. The molecule has 0 spiro atoms. The summed E-state index contributed by atoms with van der Waals surface area (Å²) in [5, 5.41) is 4.51. The highest BCUT2D eigenvalue weighted by atomic mass is 14.8. The first kappa shape index (κ1) is 27.8. The third kappa shape index (κ3) is 4.88. The van der Waals surface area contributed by atoms with Crippen molar-refractivity contribution in [2.45, 2.75) is 0 Å². The molecule has 0 radical (unpaired) electrons. The lowest BCUT2D eigenvalue weighted by Gasteiger charge is -2.17. The van der Waals surface area contributed by atoms with Gasteiger partial charge in [0.15, 0.2) is 0 Å². The van der Waals surface area contributed by atoms with Gasteiger partial charge in [-0.25, -0.2) is 4.98 Å². The molecule has 5 aromatic carbocycles. The van der Waals surface area contributed by atoms with Crippen LogP contribution < -0.4 is 0 Å². The Labute approximate surface area is 278 Å². The molecule has 9 rings (SSSR count). The van der Waals surface area contributed by atoms with E-state index < -0.39 is 0 Å². The van der Waals surface area contributed by atoms with E-state index in [9.17, 15) is 0 Å². The van der Waals surface area contributed by atoms with Crippen LogP contribution in [0.1, 0.15) is 0 Å². The Morgan fingerprint density at radius 2 is 0.979 bits per heavy atom. The van der Waals surface area contributed by atoms with Crippen LogP contribution in [0.15, 0.2) is 171 Å². The zero-order valence-corrected chi connectivity index (χ0v) is 26.0. The molecule has 4 aromatic heterocycles. The van der Waals surface area contributed by atoms with Crippen molar-refractivity contribution >= 4 is 32.6 Å². The van der Waals surface area contributed by atoms with Crippen LogP contribution in [0.2, 0.25) is 0 Å². The number of nitrogens with zero attached hydrogens (tertiary/aromatic N) is 4. The molecule has 48 heavy (non-hydrogen) atoms. The standard InChI is InChI=1S/C44H28N4/c1-2-9-29(10-3-1)42-26-41(40-17-16-30-11-8-22-47-43(30)44(40)48-42)39-19-18-36(37-14-4-5-15-38(37)39)35-24-33(31-12-6-20-45-27-31)23-34(25-35)32-13-7-21-46-28-32/h1-28H. The summed E-state index contributed by atoms with van der Waals surface area (Å²) in [6, 6.07) is 49.2. The molecular formula is C44H28N4. The zero-order valence-electron chi connectivity index (χ0n) is 26.0. The second kappa shape index (κ2) is 11.7. The lowest BCUT2D eigenvalue weighted by molar-refractivity contribution is 1.32. The molecule has 0 aliphatic rings. The Morgan fingerprint density at radius 3 is 1.69 bits per heavy atom. The molecular weight excluding hydrogens is 585 g/mol. The summed E-state index contributed by atoms with van der Waals surface area (Å²) in [4.78, 5) is 18.8. The molecule has 0 amide bonds. The Balaban J connectivity index is 1.30. The molecule has 0 bridgehead atoms. The van der Waals surface area contributed by atoms with Crippen molar-refractivity contribution < 1.29 is 0 Å². The van der Waals surface area contributed by atoms with Crippen molar-refractivity contribution in [2.75, 3.05) is 0 Å². The van der Waals surface area contributed by atoms with E-state index >= 15 is 0 Å². The predicted octanol–water partition coefficient (Wildman–Crippen LogP) is 11.1. The highest BCUT2D eigenvalue weighted by Gasteiger charge is 2.17. The highest BCUT2D eigenvalue weighted by Crippen LogP contribution is 2.42. The van der Waals surface area contributed by atoms with Gasteiger partial charge in [-0.1, -0.05) is 97.1 Å². The fourth-order valence-corrected chi connectivity index (χ4v) is 6.78. The first-order valence-electron chi connectivity index (χ1n) is 16.0. The van der Waals surface area contributed by atoms with Gasteiger partial charge in [0.2, 0.25) is 0 Å². The average molecular weight is 613 g/mol. The van der Waals surface area contributed by atoms with E-state index in [2.05, 4.69) is 125 Å². The summed E-state index contributed by atoms with van der Waals surface area (Å²) in [5.74, 6) is 0. The third-order valence-corrected chi connectivity index (χ3v) is 9.07. The van der Waals surface area contributed by atoms with Crippen LogP contribution in [0.4, 0.5) is 0 Å². The van der Waals surface area contributed by atoms with Gasteiger partial charge in [0.25, 0.3) is 0 Å². The number of rotatable bonds is 5. The van der Waals surface area contributed by atoms with Crippen molar-refractivity contribution in [3.8, 4) is 55.8 Å². The minimum absolute atomic E-state index is 0.905. The molecule has 0 aliphatic heterocycles. The SMILES string of the molecule is c1ccc(-c2cc(-c3ccc(-c4cc(-c5cccnc5)cc(-c5cccnc5)c4)c4ccccc34)c3ccc4cccnc4c3n2)cc1. The smallest absolute Gasteiger partial charge is 0.0978 e. The van der Waals surface area contributed by atoms with E-state index in [0.717, 1.165) is 72.0 Å². The average Bonchev–Trinajstić information content (AvgIpc) is 3.18. The molecule has 4 heterocycles. The van der Waals surface area contributed by atoms with Crippen molar-refractivity contribution in [3.05, 3.63) is 171 Å². The monoisotopic (exact) mass is 612 g/mol. The fourth-order valence-electron chi connectivity index (χ4n) is 6.78. The van der Waals surface area contributed by atoms with Crippen LogP contribution in [0.5, 0.6) is 0 Å². The number of benzene rings is 5. The normalized spacial score (nSPS) is 11.3. The van der Waals surface area contributed by atoms with Crippen LogP contribution >= 0.6 is 0 Å². The van der Waals surface area contributed by atoms with Crippen molar-refractivity contribution in [2.24, 2.45) is 0 Å². The molecule has 0 saturated carbocycles. The molecule has 4 heteroatoms. The lowest BCUT2D eigenvalue weighted by atomic mass is 9.88. The van der Waals surface area contributed by atoms with Crippen LogP contribution in [-0.2, 0) is 0 Å². The van der Waals surface area contributed by atoms with E-state index in [0.29, 0.717) is 0 Å².